The summed E-state index contributed by atoms with van der Waals surface area (Å²) in [4.78, 5) is 29.5. The third kappa shape index (κ3) is 3.78. The first-order chi connectivity index (χ1) is 15.5. The Morgan fingerprint density at radius 2 is 1.75 bits per heavy atom. The summed E-state index contributed by atoms with van der Waals surface area (Å²) in [5.74, 6) is 0.481. The van der Waals surface area contributed by atoms with Gasteiger partial charge in [-0.1, -0.05) is 12.1 Å². The zero-order valence-electron chi connectivity index (χ0n) is 18.2. The van der Waals surface area contributed by atoms with Gasteiger partial charge in [-0.3, -0.25) is 9.59 Å². The van der Waals surface area contributed by atoms with E-state index in [2.05, 4.69) is 5.32 Å². The standard InChI is InChI=1S/C24H24N2O5S/c1-26-22(20-9-6-10-32-20)21(23(27)25-14-7-5-8-15(11-14)29-2)16-12-18(30-3)19(31-4)13-17(16)24(26)28/h5-13,21-22H,1-4H3,(H,25,27). The molecule has 32 heavy (non-hydrogen) atoms. The van der Waals surface area contributed by atoms with Crippen LogP contribution in [0, 0.1) is 0 Å². The van der Waals surface area contributed by atoms with E-state index >= 15 is 0 Å². The molecule has 0 fully saturated rings. The Labute approximate surface area is 190 Å². The minimum Gasteiger partial charge on any atom is -0.497 e. The summed E-state index contributed by atoms with van der Waals surface area (Å²) >= 11 is 1.51. The predicted molar refractivity (Wildman–Crippen MR) is 123 cm³/mol. The summed E-state index contributed by atoms with van der Waals surface area (Å²) in [7, 11) is 6.34. The molecule has 0 bridgehead atoms. The Hall–Kier alpha value is -3.52. The van der Waals surface area contributed by atoms with E-state index in [-0.39, 0.29) is 11.8 Å². The van der Waals surface area contributed by atoms with Crippen LogP contribution < -0.4 is 19.5 Å². The maximum absolute atomic E-state index is 13.7. The maximum Gasteiger partial charge on any atom is 0.254 e. The van der Waals surface area contributed by atoms with E-state index in [9.17, 15) is 9.59 Å². The van der Waals surface area contributed by atoms with Crippen LogP contribution >= 0.6 is 11.3 Å². The normalized spacial score (nSPS) is 17.5. The van der Waals surface area contributed by atoms with Gasteiger partial charge in [0.1, 0.15) is 5.75 Å². The van der Waals surface area contributed by atoms with Gasteiger partial charge in [0.25, 0.3) is 5.91 Å². The molecule has 0 saturated heterocycles. The molecule has 1 aliphatic rings. The quantitative estimate of drug-likeness (QED) is 0.603. The van der Waals surface area contributed by atoms with Crippen molar-refractivity contribution in [2.75, 3.05) is 33.7 Å². The number of carbonyl (C=O) groups excluding carboxylic acids is 2. The number of nitrogens with zero attached hydrogens (tertiary/aromatic N) is 1. The van der Waals surface area contributed by atoms with Crippen LogP contribution in [0.1, 0.15) is 32.8 Å². The first-order valence-corrected chi connectivity index (χ1v) is 10.9. The highest BCUT2D eigenvalue weighted by molar-refractivity contribution is 7.10. The van der Waals surface area contributed by atoms with Crippen LogP contribution in [0.4, 0.5) is 5.69 Å². The fourth-order valence-electron chi connectivity index (χ4n) is 4.07. The molecule has 166 valence electrons. The second-order valence-electron chi connectivity index (χ2n) is 7.37. The molecule has 1 aromatic heterocycles. The van der Waals surface area contributed by atoms with Gasteiger partial charge in [-0.25, -0.2) is 0 Å². The van der Waals surface area contributed by atoms with Crippen LogP contribution in [0.3, 0.4) is 0 Å². The van der Waals surface area contributed by atoms with Crippen molar-refractivity contribution in [3.8, 4) is 17.2 Å². The number of hydrogen-bond donors (Lipinski definition) is 1. The predicted octanol–water partition coefficient (Wildman–Crippen LogP) is 4.32. The Balaban J connectivity index is 1.84. The lowest BCUT2D eigenvalue weighted by Crippen LogP contribution is -2.43. The maximum atomic E-state index is 13.7. The van der Waals surface area contributed by atoms with Crippen molar-refractivity contribution in [1.82, 2.24) is 4.90 Å². The molecule has 4 rings (SSSR count). The first-order valence-electron chi connectivity index (χ1n) is 9.99. The number of thiophene rings is 1. The van der Waals surface area contributed by atoms with Gasteiger partial charge in [0, 0.05) is 29.2 Å². The minimum atomic E-state index is -0.655. The van der Waals surface area contributed by atoms with Crippen molar-refractivity contribution >= 4 is 28.8 Å². The van der Waals surface area contributed by atoms with E-state index in [1.54, 1.807) is 43.3 Å². The van der Waals surface area contributed by atoms with E-state index in [0.717, 1.165) is 4.88 Å². The number of hydrogen-bond acceptors (Lipinski definition) is 6. The largest absolute Gasteiger partial charge is 0.497 e. The molecular formula is C24H24N2O5S. The highest BCUT2D eigenvalue weighted by Gasteiger charge is 2.44. The topological polar surface area (TPSA) is 77.1 Å². The number of nitrogens with one attached hydrogen (secondary N) is 1. The zero-order valence-corrected chi connectivity index (χ0v) is 19.1. The van der Waals surface area contributed by atoms with Gasteiger partial charge < -0.3 is 24.4 Å². The average Bonchev–Trinajstić information content (AvgIpc) is 3.34. The van der Waals surface area contributed by atoms with Gasteiger partial charge in [-0.2, -0.15) is 0 Å². The van der Waals surface area contributed by atoms with Gasteiger partial charge >= 0.3 is 0 Å². The lowest BCUT2D eigenvalue weighted by atomic mass is 9.81. The number of fused-ring (bicyclic) bond motifs is 1. The smallest absolute Gasteiger partial charge is 0.254 e. The fraction of sp³-hybridized carbons (Fsp3) is 0.250. The van der Waals surface area contributed by atoms with E-state index in [1.807, 2.05) is 29.6 Å². The third-order valence-corrected chi connectivity index (χ3v) is 6.57. The summed E-state index contributed by atoms with van der Waals surface area (Å²) in [6.07, 6.45) is 0. The first kappa shape index (κ1) is 21.7. The molecule has 1 N–H and O–H groups in total. The number of rotatable bonds is 6. The summed E-state index contributed by atoms with van der Waals surface area (Å²) in [6.45, 7) is 0. The lowest BCUT2D eigenvalue weighted by Gasteiger charge is -2.39. The Morgan fingerprint density at radius 3 is 2.41 bits per heavy atom. The molecule has 8 heteroatoms. The molecule has 1 aliphatic heterocycles. The highest BCUT2D eigenvalue weighted by Crippen LogP contribution is 2.46. The molecule has 0 radical (unpaired) electrons. The summed E-state index contributed by atoms with van der Waals surface area (Å²) in [5, 5.41) is 4.94. The van der Waals surface area contributed by atoms with E-state index in [0.29, 0.717) is 34.1 Å². The molecule has 2 aromatic carbocycles. The fourth-order valence-corrected chi connectivity index (χ4v) is 4.97. The molecule has 0 spiro atoms. The summed E-state index contributed by atoms with van der Waals surface area (Å²) < 4.78 is 16.1. The number of benzene rings is 2. The molecule has 0 saturated carbocycles. The summed E-state index contributed by atoms with van der Waals surface area (Å²) in [6, 6.07) is 13.9. The van der Waals surface area contributed by atoms with Crippen molar-refractivity contribution in [3.05, 3.63) is 69.9 Å². The van der Waals surface area contributed by atoms with Crippen molar-refractivity contribution in [2.45, 2.75) is 12.0 Å². The van der Waals surface area contributed by atoms with Gasteiger partial charge in [-0.15, -0.1) is 11.3 Å². The summed E-state index contributed by atoms with van der Waals surface area (Å²) in [5.41, 5.74) is 1.63. The van der Waals surface area contributed by atoms with E-state index in [4.69, 9.17) is 14.2 Å². The lowest BCUT2D eigenvalue weighted by molar-refractivity contribution is -0.119. The van der Waals surface area contributed by atoms with Crippen LogP contribution in [-0.2, 0) is 4.79 Å². The number of carbonyl (C=O) groups is 2. The zero-order chi connectivity index (χ0) is 22.8. The Kier molecular flexibility index (Phi) is 6.05. The van der Waals surface area contributed by atoms with Gasteiger partial charge in [0.2, 0.25) is 5.91 Å². The second kappa shape index (κ2) is 8.92. The average molecular weight is 453 g/mol. The van der Waals surface area contributed by atoms with Crippen LogP contribution in [0.5, 0.6) is 17.2 Å². The molecular weight excluding hydrogens is 428 g/mol. The van der Waals surface area contributed by atoms with E-state index in [1.165, 1.54) is 25.6 Å². The highest BCUT2D eigenvalue weighted by atomic mass is 32.1. The minimum absolute atomic E-state index is 0.176. The number of ether oxygens (including phenoxy) is 3. The monoisotopic (exact) mass is 452 g/mol. The third-order valence-electron chi connectivity index (χ3n) is 5.63. The van der Waals surface area contributed by atoms with Crippen LogP contribution in [0.2, 0.25) is 0 Å². The SMILES string of the molecule is COc1cccc(NC(=O)C2c3cc(OC)c(OC)cc3C(=O)N(C)C2c2cccs2)c1. The molecule has 7 nitrogen and oxygen atoms in total. The van der Waals surface area contributed by atoms with E-state index < -0.39 is 12.0 Å². The number of methoxy groups -OCH3 is 3. The second-order valence-corrected chi connectivity index (χ2v) is 8.35. The molecule has 2 heterocycles. The Morgan fingerprint density at radius 1 is 1.00 bits per heavy atom. The van der Waals surface area contributed by atoms with Gasteiger partial charge in [-0.05, 0) is 41.3 Å². The molecule has 3 aromatic rings. The van der Waals surface area contributed by atoms with Gasteiger partial charge in [0.15, 0.2) is 11.5 Å². The molecule has 2 amide bonds. The number of amides is 2. The molecule has 2 atom stereocenters. The van der Waals surface area contributed by atoms with Crippen LogP contribution in [0.15, 0.2) is 53.9 Å². The molecule has 0 aliphatic carbocycles. The van der Waals surface area contributed by atoms with Crippen molar-refractivity contribution < 1.29 is 23.8 Å². The number of anilines is 1. The van der Waals surface area contributed by atoms with Gasteiger partial charge in [0.05, 0.1) is 33.3 Å². The number of likely N-dealkylation sites (N-methyl/N-ethyl adjacent to an activating group) is 1. The van der Waals surface area contributed by atoms with Crippen molar-refractivity contribution in [1.29, 1.82) is 0 Å². The van der Waals surface area contributed by atoms with Crippen LogP contribution in [-0.4, -0.2) is 45.1 Å². The van der Waals surface area contributed by atoms with Crippen molar-refractivity contribution in [3.63, 3.8) is 0 Å². The van der Waals surface area contributed by atoms with Crippen molar-refractivity contribution in [2.24, 2.45) is 0 Å². The molecule has 2 unspecified atom stereocenters. The van der Waals surface area contributed by atoms with Crippen LogP contribution in [0.25, 0.3) is 0 Å². The Bertz CT molecular complexity index is 1150.